The minimum absolute atomic E-state index is 0.428. The standard InChI is InChI=1S/C21H16N6S/c1-13-7-9-14(10-8-13)16-11-23-27-19(22)18(25-26-20(16)27)21-24-17(12-28-21)15-5-3-2-4-6-15/h2-12H,22H2,1H3. The first kappa shape index (κ1) is 16.6. The molecule has 5 rings (SSSR count). The number of hydrogen-bond acceptors (Lipinski definition) is 6. The number of benzene rings is 2. The summed E-state index contributed by atoms with van der Waals surface area (Å²) in [5.74, 6) is 0.428. The van der Waals surface area contributed by atoms with E-state index in [1.165, 1.54) is 16.9 Å². The van der Waals surface area contributed by atoms with Crippen LogP contribution in [0.3, 0.4) is 0 Å². The Hall–Kier alpha value is -3.58. The Morgan fingerprint density at radius 2 is 1.71 bits per heavy atom. The highest BCUT2D eigenvalue weighted by atomic mass is 32.1. The van der Waals surface area contributed by atoms with Gasteiger partial charge in [-0.3, -0.25) is 0 Å². The lowest BCUT2D eigenvalue weighted by molar-refractivity contribution is 0.906. The van der Waals surface area contributed by atoms with Crippen molar-refractivity contribution < 1.29 is 0 Å². The number of aromatic nitrogens is 5. The summed E-state index contributed by atoms with van der Waals surface area (Å²) in [6, 6.07) is 18.2. The van der Waals surface area contributed by atoms with Crippen LogP contribution < -0.4 is 5.73 Å². The molecule has 0 aliphatic carbocycles. The van der Waals surface area contributed by atoms with Crippen LogP contribution in [-0.4, -0.2) is 24.8 Å². The Morgan fingerprint density at radius 3 is 2.50 bits per heavy atom. The van der Waals surface area contributed by atoms with Crippen LogP contribution in [0.2, 0.25) is 0 Å². The number of nitrogens with zero attached hydrogens (tertiary/aromatic N) is 5. The van der Waals surface area contributed by atoms with Gasteiger partial charge in [0, 0.05) is 16.5 Å². The van der Waals surface area contributed by atoms with Gasteiger partial charge >= 0.3 is 0 Å². The van der Waals surface area contributed by atoms with Crippen molar-refractivity contribution in [3.05, 3.63) is 71.7 Å². The zero-order valence-corrected chi connectivity index (χ0v) is 15.9. The quantitative estimate of drug-likeness (QED) is 0.496. The summed E-state index contributed by atoms with van der Waals surface area (Å²) in [5.41, 5.74) is 12.6. The van der Waals surface area contributed by atoms with Crippen molar-refractivity contribution >= 4 is 22.8 Å². The van der Waals surface area contributed by atoms with E-state index in [-0.39, 0.29) is 0 Å². The number of fused-ring (bicyclic) bond motifs is 1. The third-order valence-electron chi connectivity index (χ3n) is 4.60. The predicted octanol–water partition coefficient (Wildman–Crippen LogP) is 4.47. The molecule has 136 valence electrons. The second kappa shape index (κ2) is 6.54. The van der Waals surface area contributed by atoms with Crippen LogP contribution in [0.15, 0.2) is 66.2 Å². The minimum Gasteiger partial charge on any atom is -0.382 e. The third-order valence-corrected chi connectivity index (χ3v) is 5.45. The maximum absolute atomic E-state index is 6.38. The number of hydrogen-bond donors (Lipinski definition) is 1. The van der Waals surface area contributed by atoms with Crippen LogP contribution in [0.25, 0.3) is 38.7 Å². The second-order valence-corrected chi connectivity index (χ2v) is 7.36. The summed E-state index contributed by atoms with van der Waals surface area (Å²) in [6.07, 6.45) is 1.77. The van der Waals surface area contributed by atoms with E-state index in [0.29, 0.717) is 17.2 Å². The summed E-state index contributed by atoms with van der Waals surface area (Å²) >= 11 is 1.49. The van der Waals surface area contributed by atoms with Crippen LogP contribution in [0.5, 0.6) is 0 Å². The summed E-state index contributed by atoms with van der Waals surface area (Å²) in [7, 11) is 0. The molecule has 0 atom stereocenters. The molecule has 0 aliphatic rings. The maximum atomic E-state index is 6.38. The number of nitrogens with two attached hydrogens (primary N) is 1. The van der Waals surface area contributed by atoms with Gasteiger partial charge in [0.1, 0.15) is 5.01 Å². The van der Waals surface area contributed by atoms with Gasteiger partial charge in [0.15, 0.2) is 17.2 Å². The van der Waals surface area contributed by atoms with E-state index < -0.39 is 0 Å². The number of nitrogen functional groups attached to an aromatic ring is 1. The Labute approximate surface area is 165 Å². The van der Waals surface area contributed by atoms with E-state index in [1.54, 1.807) is 10.7 Å². The molecule has 0 spiro atoms. The molecule has 0 radical (unpaired) electrons. The van der Waals surface area contributed by atoms with Gasteiger partial charge in [0.05, 0.1) is 11.9 Å². The molecule has 0 amide bonds. The number of aryl methyl sites for hydroxylation is 1. The van der Waals surface area contributed by atoms with Crippen LogP contribution >= 0.6 is 11.3 Å². The van der Waals surface area contributed by atoms with E-state index in [1.807, 2.05) is 47.8 Å². The smallest absolute Gasteiger partial charge is 0.187 e. The molecule has 0 bridgehead atoms. The first-order valence-corrected chi connectivity index (χ1v) is 9.67. The zero-order chi connectivity index (χ0) is 19.1. The topological polar surface area (TPSA) is 82.0 Å². The Kier molecular flexibility index (Phi) is 3.87. The van der Waals surface area contributed by atoms with Crippen LogP contribution in [0, 0.1) is 6.92 Å². The van der Waals surface area contributed by atoms with Crippen LogP contribution in [-0.2, 0) is 0 Å². The third kappa shape index (κ3) is 2.73. The Bertz CT molecular complexity index is 1270. The highest BCUT2D eigenvalue weighted by Gasteiger charge is 2.17. The SMILES string of the molecule is Cc1ccc(-c2cnn3c(N)c(-c4nc(-c5ccccc5)cs4)nnc23)cc1. The number of thiazole rings is 1. The largest absolute Gasteiger partial charge is 0.382 e. The lowest BCUT2D eigenvalue weighted by Gasteiger charge is -2.04. The van der Waals surface area contributed by atoms with Gasteiger partial charge in [-0.1, -0.05) is 60.2 Å². The molecule has 3 heterocycles. The van der Waals surface area contributed by atoms with Gasteiger partial charge in [-0.2, -0.15) is 9.61 Å². The van der Waals surface area contributed by atoms with Crippen LogP contribution in [0.1, 0.15) is 5.56 Å². The molecular formula is C21H16N6S. The fourth-order valence-electron chi connectivity index (χ4n) is 3.08. The molecule has 3 aromatic heterocycles. The van der Waals surface area contributed by atoms with Crippen LogP contribution in [0.4, 0.5) is 5.82 Å². The number of anilines is 1. The van der Waals surface area contributed by atoms with E-state index in [4.69, 9.17) is 5.73 Å². The van der Waals surface area contributed by atoms with Crippen molar-refractivity contribution in [2.24, 2.45) is 0 Å². The molecule has 2 N–H and O–H groups in total. The summed E-state index contributed by atoms with van der Waals surface area (Å²) in [4.78, 5) is 4.69. The van der Waals surface area contributed by atoms with Gasteiger partial charge in [-0.15, -0.1) is 21.5 Å². The van der Waals surface area contributed by atoms with Gasteiger partial charge in [0.25, 0.3) is 0 Å². The van der Waals surface area contributed by atoms with Crippen molar-refractivity contribution in [2.75, 3.05) is 5.73 Å². The van der Waals surface area contributed by atoms with Gasteiger partial charge in [-0.05, 0) is 12.5 Å². The molecular weight excluding hydrogens is 368 g/mol. The zero-order valence-electron chi connectivity index (χ0n) is 15.1. The van der Waals surface area contributed by atoms with Gasteiger partial charge in [-0.25, -0.2) is 4.98 Å². The fraction of sp³-hybridized carbons (Fsp3) is 0.0476. The average molecular weight is 384 g/mol. The van der Waals surface area contributed by atoms with Crippen molar-refractivity contribution in [1.29, 1.82) is 0 Å². The second-order valence-electron chi connectivity index (χ2n) is 6.50. The lowest BCUT2D eigenvalue weighted by atomic mass is 10.1. The van der Waals surface area contributed by atoms with E-state index in [0.717, 1.165) is 27.4 Å². The van der Waals surface area contributed by atoms with Crippen molar-refractivity contribution in [3.8, 4) is 33.1 Å². The average Bonchev–Trinajstić information content (AvgIpc) is 3.38. The maximum Gasteiger partial charge on any atom is 0.187 e. The number of rotatable bonds is 3. The summed E-state index contributed by atoms with van der Waals surface area (Å²) in [6.45, 7) is 2.06. The Morgan fingerprint density at radius 1 is 0.929 bits per heavy atom. The molecule has 0 fully saturated rings. The highest BCUT2D eigenvalue weighted by Crippen LogP contribution is 2.32. The molecule has 28 heavy (non-hydrogen) atoms. The van der Waals surface area contributed by atoms with Crippen molar-refractivity contribution in [1.82, 2.24) is 24.8 Å². The van der Waals surface area contributed by atoms with Gasteiger partial charge < -0.3 is 5.73 Å². The molecule has 0 aliphatic heterocycles. The first-order chi connectivity index (χ1) is 13.7. The normalized spacial score (nSPS) is 11.2. The fourth-order valence-corrected chi connectivity index (χ4v) is 3.90. The van der Waals surface area contributed by atoms with E-state index >= 15 is 0 Å². The van der Waals surface area contributed by atoms with E-state index in [9.17, 15) is 0 Å². The monoisotopic (exact) mass is 384 g/mol. The predicted molar refractivity (Wildman–Crippen MR) is 112 cm³/mol. The molecule has 2 aromatic carbocycles. The summed E-state index contributed by atoms with van der Waals surface area (Å²) < 4.78 is 1.63. The Balaban J connectivity index is 1.58. The highest BCUT2D eigenvalue weighted by molar-refractivity contribution is 7.13. The molecule has 7 heteroatoms. The molecule has 0 saturated heterocycles. The first-order valence-electron chi connectivity index (χ1n) is 8.79. The molecule has 0 unspecified atom stereocenters. The molecule has 5 aromatic rings. The van der Waals surface area contributed by atoms with Crippen molar-refractivity contribution in [2.45, 2.75) is 6.92 Å². The van der Waals surface area contributed by atoms with E-state index in [2.05, 4.69) is 39.3 Å². The van der Waals surface area contributed by atoms with Crippen molar-refractivity contribution in [3.63, 3.8) is 0 Å². The van der Waals surface area contributed by atoms with Gasteiger partial charge in [0.2, 0.25) is 0 Å². The minimum atomic E-state index is 0.428. The lowest BCUT2D eigenvalue weighted by Crippen LogP contribution is -2.05. The molecule has 6 nitrogen and oxygen atoms in total. The molecule has 0 saturated carbocycles. The summed E-state index contributed by atoms with van der Waals surface area (Å²) in [5, 5.41) is 15.9.